The highest BCUT2D eigenvalue weighted by molar-refractivity contribution is 6.46. The second-order valence-electron chi connectivity index (χ2n) is 7.45. The summed E-state index contributed by atoms with van der Waals surface area (Å²) in [5, 5.41) is 21.2. The van der Waals surface area contributed by atoms with Gasteiger partial charge in [0.25, 0.3) is 11.7 Å². The number of Topliss-reactive ketones (excluding diaryl/α,β-unsaturated/α-hetero) is 1. The minimum absolute atomic E-state index is 0.00454. The Kier molecular flexibility index (Phi) is 6.57. The number of aryl methyl sites for hydroxylation is 1. The van der Waals surface area contributed by atoms with Crippen LogP contribution in [0.3, 0.4) is 0 Å². The summed E-state index contributed by atoms with van der Waals surface area (Å²) in [4.78, 5) is 29.6. The quantitative estimate of drug-likeness (QED) is 0.417. The Bertz CT molecular complexity index is 961. The Morgan fingerprint density at radius 1 is 1.03 bits per heavy atom. The molecule has 1 amide bonds. The molecule has 30 heavy (non-hydrogen) atoms. The van der Waals surface area contributed by atoms with Gasteiger partial charge in [0.05, 0.1) is 17.2 Å². The average molecular weight is 408 g/mol. The molecule has 0 radical (unpaired) electrons. The molecule has 1 aliphatic heterocycles. The van der Waals surface area contributed by atoms with Crippen LogP contribution in [0.15, 0.2) is 54.1 Å². The Morgan fingerprint density at radius 2 is 1.67 bits per heavy atom. The molecule has 0 aromatic heterocycles. The fraction of sp³-hybridized carbons (Fsp3) is 0.333. The van der Waals surface area contributed by atoms with Gasteiger partial charge in [-0.25, -0.2) is 0 Å². The van der Waals surface area contributed by atoms with Gasteiger partial charge in [0.1, 0.15) is 11.5 Å². The molecular formula is C24H28N2O4. The Morgan fingerprint density at radius 3 is 2.27 bits per heavy atom. The number of carbonyl (C=O) groups excluding carboxylic acids is 2. The normalized spacial score (nSPS) is 18.4. The zero-order valence-corrected chi connectivity index (χ0v) is 17.6. The minimum Gasteiger partial charge on any atom is -0.507 e. The highest BCUT2D eigenvalue weighted by Gasteiger charge is 2.46. The molecule has 0 spiro atoms. The molecule has 3 rings (SSSR count). The monoisotopic (exact) mass is 408 g/mol. The average Bonchev–Trinajstić information content (AvgIpc) is 3.00. The Balaban J connectivity index is 2.11. The molecule has 6 heteroatoms. The standard InChI is InChI=1S/C24H28N2O4/c1-4-25(5-2)14-15-26-21(17-12-10-16(3)11-13-17)20(23(29)24(26)30)22(28)18-8-6-7-9-19(18)27/h6-13,21,27-28H,4-5,14-15H2,1-3H3. The molecule has 1 unspecified atom stereocenters. The second kappa shape index (κ2) is 9.13. The molecule has 2 aromatic rings. The van der Waals surface area contributed by atoms with Gasteiger partial charge in [0, 0.05) is 13.1 Å². The first-order valence-electron chi connectivity index (χ1n) is 10.2. The molecule has 1 saturated heterocycles. The first kappa shape index (κ1) is 21.6. The van der Waals surface area contributed by atoms with Crippen LogP contribution in [0.1, 0.15) is 36.6 Å². The molecule has 0 aliphatic carbocycles. The van der Waals surface area contributed by atoms with E-state index in [-0.39, 0.29) is 22.6 Å². The summed E-state index contributed by atoms with van der Waals surface area (Å²) in [7, 11) is 0. The van der Waals surface area contributed by atoms with E-state index in [9.17, 15) is 19.8 Å². The summed E-state index contributed by atoms with van der Waals surface area (Å²) in [6.07, 6.45) is 0. The van der Waals surface area contributed by atoms with Gasteiger partial charge in [-0.2, -0.15) is 0 Å². The molecular weight excluding hydrogens is 380 g/mol. The molecule has 1 aliphatic rings. The summed E-state index contributed by atoms with van der Waals surface area (Å²) in [5.74, 6) is -1.88. The SMILES string of the molecule is CCN(CC)CCN1C(=O)C(=O)C(=C(O)c2ccccc2O)C1c1ccc(C)cc1. The predicted octanol–water partition coefficient (Wildman–Crippen LogP) is 3.46. The second-order valence-corrected chi connectivity index (χ2v) is 7.45. The number of ketones is 1. The van der Waals surface area contributed by atoms with Crippen LogP contribution in [-0.2, 0) is 9.59 Å². The number of benzene rings is 2. The fourth-order valence-electron chi connectivity index (χ4n) is 3.81. The van der Waals surface area contributed by atoms with E-state index in [0.29, 0.717) is 13.1 Å². The number of rotatable bonds is 7. The maximum atomic E-state index is 13.0. The largest absolute Gasteiger partial charge is 0.507 e. The van der Waals surface area contributed by atoms with Gasteiger partial charge < -0.3 is 20.0 Å². The molecule has 0 bridgehead atoms. The van der Waals surface area contributed by atoms with E-state index in [1.807, 2.05) is 45.0 Å². The van der Waals surface area contributed by atoms with Crippen LogP contribution >= 0.6 is 0 Å². The van der Waals surface area contributed by atoms with Crippen LogP contribution < -0.4 is 0 Å². The van der Waals surface area contributed by atoms with Crippen molar-refractivity contribution < 1.29 is 19.8 Å². The zero-order chi connectivity index (χ0) is 21.8. The van der Waals surface area contributed by atoms with Crippen molar-refractivity contribution in [1.82, 2.24) is 9.80 Å². The topological polar surface area (TPSA) is 81.1 Å². The molecule has 6 nitrogen and oxygen atoms in total. The van der Waals surface area contributed by atoms with Crippen LogP contribution in [0, 0.1) is 6.92 Å². The number of aromatic hydroxyl groups is 1. The molecule has 0 saturated carbocycles. The number of likely N-dealkylation sites (N-methyl/N-ethyl adjacent to an activating group) is 1. The van der Waals surface area contributed by atoms with E-state index >= 15 is 0 Å². The summed E-state index contributed by atoms with van der Waals surface area (Å²) in [6.45, 7) is 8.73. The third-order valence-corrected chi connectivity index (χ3v) is 5.64. The van der Waals surface area contributed by atoms with Crippen molar-refractivity contribution in [3.63, 3.8) is 0 Å². The molecule has 1 heterocycles. The first-order valence-corrected chi connectivity index (χ1v) is 10.2. The van der Waals surface area contributed by atoms with Gasteiger partial charge in [0.15, 0.2) is 0 Å². The third kappa shape index (κ3) is 4.09. The Labute approximate surface area is 177 Å². The number of hydrogen-bond donors (Lipinski definition) is 2. The van der Waals surface area contributed by atoms with Crippen molar-refractivity contribution in [2.24, 2.45) is 0 Å². The predicted molar refractivity (Wildman–Crippen MR) is 116 cm³/mol. The number of phenolic OH excluding ortho intramolecular Hbond substituents is 1. The zero-order valence-electron chi connectivity index (χ0n) is 17.6. The number of aliphatic hydroxyl groups is 1. The van der Waals surface area contributed by atoms with Gasteiger partial charge >= 0.3 is 0 Å². The van der Waals surface area contributed by atoms with Crippen LogP contribution in [0.5, 0.6) is 5.75 Å². The number of para-hydroxylation sites is 1. The van der Waals surface area contributed by atoms with Crippen LogP contribution in [-0.4, -0.2) is 57.9 Å². The minimum atomic E-state index is -0.735. The number of nitrogens with zero attached hydrogens (tertiary/aromatic N) is 2. The highest BCUT2D eigenvalue weighted by atomic mass is 16.3. The summed E-state index contributed by atoms with van der Waals surface area (Å²) in [5.41, 5.74) is 1.94. The van der Waals surface area contributed by atoms with E-state index in [1.54, 1.807) is 12.1 Å². The maximum Gasteiger partial charge on any atom is 0.295 e. The van der Waals surface area contributed by atoms with Gasteiger partial charge in [-0.05, 0) is 37.7 Å². The van der Waals surface area contributed by atoms with Crippen molar-refractivity contribution in [2.75, 3.05) is 26.2 Å². The van der Waals surface area contributed by atoms with Crippen LogP contribution in [0.2, 0.25) is 0 Å². The van der Waals surface area contributed by atoms with E-state index < -0.39 is 17.7 Å². The molecule has 1 fully saturated rings. The van der Waals surface area contributed by atoms with Crippen molar-refractivity contribution >= 4 is 17.4 Å². The maximum absolute atomic E-state index is 13.0. The first-order chi connectivity index (χ1) is 14.4. The van der Waals surface area contributed by atoms with Gasteiger partial charge in [-0.1, -0.05) is 55.8 Å². The van der Waals surface area contributed by atoms with E-state index in [4.69, 9.17) is 0 Å². The van der Waals surface area contributed by atoms with Crippen LogP contribution in [0.25, 0.3) is 5.76 Å². The van der Waals surface area contributed by atoms with Crippen LogP contribution in [0.4, 0.5) is 0 Å². The fourth-order valence-corrected chi connectivity index (χ4v) is 3.81. The van der Waals surface area contributed by atoms with Gasteiger partial charge in [-0.3, -0.25) is 9.59 Å². The van der Waals surface area contributed by atoms with Crippen molar-refractivity contribution in [2.45, 2.75) is 26.8 Å². The molecule has 2 aromatic carbocycles. The lowest BCUT2D eigenvalue weighted by Crippen LogP contribution is -2.38. The van der Waals surface area contributed by atoms with E-state index in [2.05, 4.69) is 4.90 Å². The third-order valence-electron chi connectivity index (χ3n) is 5.64. The smallest absolute Gasteiger partial charge is 0.295 e. The van der Waals surface area contributed by atoms with E-state index in [0.717, 1.165) is 24.2 Å². The van der Waals surface area contributed by atoms with Gasteiger partial charge in [-0.15, -0.1) is 0 Å². The number of likely N-dealkylation sites (tertiary alicyclic amines) is 1. The lowest BCUT2D eigenvalue weighted by Gasteiger charge is -2.28. The Hall–Kier alpha value is -3.12. The van der Waals surface area contributed by atoms with Crippen molar-refractivity contribution in [3.05, 3.63) is 70.8 Å². The summed E-state index contributed by atoms with van der Waals surface area (Å²) >= 11 is 0. The number of amides is 1. The highest BCUT2D eigenvalue weighted by Crippen LogP contribution is 2.40. The van der Waals surface area contributed by atoms with Gasteiger partial charge in [0.2, 0.25) is 0 Å². The van der Waals surface area contributed by atoms with Crippen molar-refractivity contribution in [1.29, 1.82) is 0 Å². The molecule has 2 N–H and O–H groups in total. The summed E-state index contributed by atoms with van der Waals surface area (Å²) in [6, 6.07) is 13.1. The molecule has 158 valence electrons. The summed E-state index contributed by atoms with van der Waals surface area (Å²) < 4.78 is 0. The lowest BCUT2D eigenvalue weighted by molar-refractivity contribution is -0.140. The van der Waals surface area contributed by atoms with E-state index in [1.165, 1.54) is 17.0 Å². The van der Waals surface area contributed by atoms with Crippen molar-refractivity contribution in [3.8, 4) is 5.75 Å². The number of hydrogen-bond acceptors (Lipinski definition) is 5. The number of aliphatic hydroxyl groups excluding tert-OH is 1. The number of phenols is 1. The number of carbonyl (C=O) groups is 2. The molecule has 1 atom stereocenters. The lowest BCUT2D eigenvalue weighted by atomic mass is 9.94.